The molecule has 7 heteroatoms. The number of piperazine rings is 1. The fourth-order valence-electron chi connectivity index (χ4n) is 1.46. The van der Waals surface area contributed by atoms with E-state index in [1.807, 2.05) is 0 Å². The number of rotatable bonds is 0. The quantitative estimate of drug-likeness (QED) is 0.716. The number of nitrogens with one attached hydrogen (secondary N) is 1. The highest BCUT2D eigenvalue weighted by atomic mass is 19.4. The number of ether oxygens (including phenoxy) is 1. The molecule has 100 valence electrons. The van der Waals surface area contributed by atoms with Crippen LogP contribution in [0.3, 0.4) is 0 Å². The highest BCUT2D eigenvalue weighted by molar-refractivity contribution is 5.68. The Labute approximate surface area is 98.1 Å². The predicted molar refractivity (Wildman–Crippen MR) is 55.7 cm³/mol. The Hall–Kier alpha value is -0.980. The van der Waals surface area contributed by atoms with Crippen molar-refractivity contribution in [3.05, 3.63) is 0 Å². The molecule has 0 radical (unpaired) electrons. The average Bonchev–Trinajstić information content (AvgIpc) is 2.14. The highest BCUT2D eigenvalue weighted by Gasteiger charge is 2.43. The summed E-state index contributed by atoms with van der Waals surface area (Å²) in [6, 6.07) is -1.68. The van der Waals surface area contributed by atoms with E-state index in [2.05, 4.69) is 5.32 Å². The lowest BCUT2D eigenvalue weighted by Crippen LogP contribution is -2.58. The van der Waals surface area contributed by atoms with Crippen LogP contribution in [-0.2, 0) is 4.74 Å². The van der Waals surface area contributed by atoms with Gasteiger partial charge < -0.3 is 15.0 Å². The van der Waals surface area contributed by atoms with E-state index in [0.717, 1.165) is 4.90 Å². The zero-order valence-corrected chi connectivity index (χ0v) is 10.1. The maximum absolute atomic E-state index is 12.5. The molecule has 1 aliphatic heterocycles. The second-order valence-electron chi connectivity index (χ2n) is 4.97. The van der Waals surface area contributed by atoms with Crippen LogP contribution in [0.15, 0.2) is 0 Å². The lowest BCUT2D eigenvalue weighted by atomic mass is 10.2. The van der Waals surface area contributed by atoms with E-state index in [-0.39, 0.29) is 13.1 Å². The number of nitrogens with zero attached hydrogens (tertiary/aromatic N) is 1. The first-order valence-electron chi connectivity index (χ1n) is 5.37. The normalized spacial score (nSPS) is 22.5. The standard InChI is InChI=1S/C10H17F3N2O2/c1-9(2,3)17-8(16)15-5-4-14-7(6-15)10(11,12)13/h7,14H,4-6H2,1-3H3/t7-/m1/s1. The van der Waals surface area contributed by atoms with Crippen LogP contribution in [0.4, 0.5) is 18.0 Å². The molecule has 0 aromatic carbocycles. The van der Waals surface area contributed by atoms with Crippen molar-refractivity contribution in [1.82, 2.24) is 10.2 Å². The smallest absolute Gasteiger partial charge is 0.410 e. The largest absolute Gasteiger partial charge is 0.444 e. The number of hydrogen-bond acceptors (Lipinski definition) is 3. The van der Waals surface area contributed by atoms with Gasteiger partial charge in [-0.2, -0.15) is 13.2 Å². The maximum atomic E-state index is 12.5. The van der Waals surface area contributed by atoms with Gasteiger partial charge in [-0.3, -0.25) is 0 Å². The van der Waals surface area contributed by atoms with Gasteiger partial charge in [-0.25, -0.2) is 4.79 Å². The van der Waals surface area contributed by atoms with Gasteiger partial charge in [0.2, 0.25) is 0 Å². The topological polar surface area (TPSA) is 41.6 Å². The molecule has 4 nitrogen and oxygen atoms in total. The first-order valence-corrected chi connectivity index (χ1v) is 5.37. The lowest BCUT2D eigenvalue weighted by molar-refractivity contribution is -0.163. The number of hydrogen-bond donors (Lipinski definition) is 1. The molecule has 1 heterocycles. The summed E-state index contributed by atoms with van der Waals surface area (Å²) in [6.07, 6.45) is -5.05. The molecule has 1 N–H and O–H groups in total. The van der Waals surface area contributed by atoms with Crippen LogP contribution in [-0.4, -0.2) is 48.4 Å². The summed E-state index contributed by atoms with van der Waals surface area (Å²) in [4.78, 5) is 12.7. The molecular formula is C10H17F3N2O2. The second kappa shape index (κ2) is 4.72. The molecule has 1 saturated heterocycles. The van der Waals surface area contributed by atoms with E-state index >= 15 is 0 Å². The van der Waals surface area contributed by atoms with Crippen LogP contribution in [0.25, 0.3) is 0 Å². The van der Waals surface area contributed by atoms with Crippen LogP contribution in [0.2, 0.25) is 0 Å². The average molecular weight is 254 g/mol. The Bertz CT molecular complexity index is 286. The molecule has 1 aliphatic rings. The third kappa shape index (κ3) is 4.41. The molecule has 0 bridgehead atoms. The summed E-state index contributed by atoms with van der Waals surface area (Å²) in [7, 11) is 0. The number of halogens is 3. The van der Waals surface area contributed by atoms with E-state index in [9.17, 15) is 18.0 Å². The van der Waals surface area contributed by atoms with Crippen molar-refractivity contribution in [1.29, 1.82) is 0 Å². The van der Waals surface area contributed by atoms with E-state index < -0.39 is 30.5 Å². The van der Waals surface area contributed by atoms with Crippen LogP contribution in [0.1, 0.15) is 20.8 Å². The van der Waals surface area contributed by atoms with Crippen LogP contribution < -0.4 is 5.32 Å². The van der Waals surface area contributed by atoms with Crippen LogP contribution >= 0.6 is 0 Å². The van der Waals surface area contributed by atoms with Gasteiger partial charge >= 0.3 is 12.3 Å². The third-order valence-corrected chi connectivity index (χ3v) is 2.22. The lowest BCUT2D eigenvalue weighted by Gasteiger charge is -2.35. The maximum Gasteiger partial charge on any atom is 0.410 e. The van der Waals surface area contributed by atoms with Gasteiger partial charge in [0.25, 0.3) is 0 Å². The van der Waals surface area contributed by atoms with Crippen LogP contribution in [0, 0.1) is 0 Å². The molecule has 0 aromatic heterocycles. The molecule has 1 rings (SSSR count). The molecule has 17 heavy (non-hydrogen) atoms. The Kier molecular flexibility index (Phi) is 3.91. The zero-order valence-electron chi connectivity index (χ0n) is 10.1. The van der Waals surface area contributed by atoms with Gasteiger partial charge in [0.05, 0.1) is 0 Å². The van der Waals surface area contributed by atoms with Crippen molar-refractivity contribution in [3.63, 3.8) is 0 Å². The molecule has 0 aliphatic carbocycles. The summed E-state index contributed by atoms with van der Waals surface area (Å²) in [5, 5.41) is 2.33. The van der Waals surface area contributed by atoms with Gasteiger partial charge in [-0.15, -0.1) is 0 Å². The van der Waals surface area contributed by atoms with Gasteiger partial charge in [0.15, 0.2) is 0 Å². The molecule has 0 saturated carbocycles. The minimum atomic E-state index is -4.35. The summed E-state index contributed by atoms with van der Waals surface area (Å²) in [5.41, 5.74) is -0.699. The number of carbonyl (C=O) groups is 1. The number of carbonyl (C=O) groups excluding carboxylic acids is 1. The fraction of sp³-hybridized carbons (Fsp3) is 0.900. The molecule has 0 spiro atoms. The molecule has 1 fully saturated rings. The van der Waals surface area contributed by atoms with Crippen molar-refractivity contribution < 1.29 is 22.7 Å². The first kappa shape index (κ1) is 14.1. The number of amides is 1. The molecule has 1 atom stereocenters. The minimum Gasteiger partial charge on any atom is -0.444 e. The Morgan fingerprint density at radius 3 is 2.41 bits per heavy atom. The summed E-state index contributed by atoms with van der Waals surface area (Å²) in [5.74, 6) is 0. The summed E-state index contributed by atoms with van der Waals surface area (Å²) in [6.45, 7) is 4.96. The third-order valence-electron chi connectivity index (χ3n) is 2.22. The van der Waals surface area contributed by atoms with Gasteiger partial charge in [-0.05, 0) is 20.8 Å². The van der Waals surface area contributed by atoms with Crippen LogP contribution in [0.5, 0.6) is 0 Å². The van der Waals surface area contributed by atoms with Gasteiger partial charge in [-0.1, -0.05) is 0 Å². The number of alkyl halides is 3. The SMILES string of the molecule is CC(C)(C)OC(=O)N1CCN[C@@H](C(F)(F)F)C1. The molecule has 0 aromatic rings. The van der Waals surface area contributed by atoms with Crippen molar-refractivity contribution >= 4 is 6.09 Å². The Morgan fingerprint density at radius 1 is 1.35 bits per heavy atom. The molecule has 0 unspecified atom stereocenters. The summed E-state index contributed by atoms with van der Waals surface area (Å²) >= 11 is 0. The van der Waals surface area contributed by atoms with E-state index in [4.69, 9.17) is 4.74 Å². The predicted octanol–water partition coefficient (Wildman–Crippen LogP) is 1.76. The molecular weight excluding hydrogens is 237 g/mol. The van der Waals surface area contributed by atoms with Crippen molar-refractivity contribution in [2.45, 2.75) is 38.6 Å². The van der Waals surface area contributed by atoms with E-state index in [1.165, 1.54) is 0 Å². The first-order chi connectivity index (χ1) is 7.59. The Balaban J connectivity index is 2.58. The summed E-state index contributed by atoms with van der Waals surface area (Å²) < 4.78 is 42.5. The minimum absolute atomic E-state index is 0.115. The zero-order chi connectivity index (χ0) is 13.3. The van der Waals surface area contributed by atoms with Crippen molar-refractivity contribution in [2.75, 3.05) is 19.6 Å². The molecule has 1 amide bonds. The van der Waals surface area contributed by atoms with Gasteiger partial charge in [0, 0.05) is 19.6 Å². The van der Waals surface area contributed by atoms with Crippen molar-refractivity contribution in [3.8, 4) is 0 Å². The van der Waals surface area contributed by atoms with Crippen molar-refractivity contribution in [2.24, 2.45) is 0 Å². The highest BCUT2D eigenvalue weighted by Crippen LogP contribution is 2.23. The van der Waals surface area contributed by atoms with E-state index in [1.54, 1.807) is 20.8 Å². The second-order valence-corrected chi connectivity index (χ2v) is 4.97. The fourth-order valence-corrected chi connectivity index (χ4v) is 1.46. The van der Waals surface area contributed by atoms with E-state index in [0.29, 0.717) is 0 Å². The monoisotopic (exact) mass is 254 g/mol. The Morgan fingerprint density at radius 2 is 1.94 bits per heavy atom. The van der Waals surface area contributed by atoms with Gasteiger partial charge in [0.1, 0.15) is 11.6 Å².